The number of nitrogens with one attached hydrogen (secondary N) is 2. The molecule has 0 spiro atoms. The third-order valence-corrected chi connectivity index (χ3v) is 5.74. The highest BCUT2D eigenvalue weighted by molar-refractivity contribution is 7.10. The van der Waals surface area contributed by atoms with Gasteiger partial charge in [-0.1, -0.05) is 11.6 Å². The highest BCUT2D eigenvalue weighted by Gasteiger charge is 2.38. The summed E-state index contributed by atoms with van der Waals surface area (Å²) in [5.41, 5.74) is 1.40. The Bertz CT molecular complexity index is 844. The minimum atomic E-state index is -0.584. The van der Waals surface area contributed by atoms with Gasteiger partial charge in [0.25, 0.3) is 0 Å². The van der Waals surface area contributed by atoms with Crippen LogP contribution < -0.4 is 10.1 Å². The topological polar surface area (TPSA) is 65.4 Å². The Hall–Kier alpha value is -2.05. The fraction of sp³-hybridized carbons (Fsp3) is 0.368. The van der Waals surface area contributed by atoms with Crippen molar-refractivity contribution >= 4 is 34.8 Å². The molecule has 1 aliphatic rings. The van der Waals surface area contributed by atoms with Crippen molar-refractivity contribution in [3.05, 3.63) is 39.5 Å². The van der Waals surface area contributed by atoms with Crippen molar-refractivity contribution < 1.29 is 9.53 Å². The van der Waals surface area contributed by atoms with Gasteiger partial charge in [0.15, 0.2) is 5.96 Å². The van der Waals surface area contributed by atoms with E-state index in [-0.39, 0.29) is 18.0 Å². The smallest absolute Gasteiger partial charge is 0.231 e. The lowest BCUT2D eigenvalue weighted by atomic mass is 9.92. The van der Waals surface area contributed by atoms with E-state index in [2.05, 4.69) is 5.32 Å². The standard InChI is InChI=1S/C19H22ClN3O2S/c1-11(2)25-15-6-12(5-14(20)8-15)13-7-16(26-10-13)19(3)9-17(24)23(4)18(21)22-19/h5-8,10-11H,9H2,1-4H3,(H2,21,22)/t19-/m0/s1. The van der Waals surface area contributed by atoms with Crippen molar-refractivity contribution in [2.24, 2.45) is 0 Å². The molecule has 2 aromatic rings. The van der Waals surface area contributed by atoms with Crippen LogP contribution in [-0.2, 0) is 10.3 Å². The minimum absolute atomic E-state index is 0.0680. The number of halogens is 1. The first-order valence-electron chi connectivity index (χ1n) is 8.38. The molecule has 7 heteroatoms. The maximum atomic E-state index is 12.2. The molecular formula is C19H22ClN3O2S. The van der Waals surface area contributed by atoms with Crippen LogP contribution in [0.2, 0.25) is 5.02 Å². The number of hydrogen-bond acceptors (Lipinski definition) is 4. The van der Waals surface area contributed by atoms with E-state index in [4.69, 9.17) is 21.7 Å². The van der Waals surface area contributed by atoms with Crippen LogP contribution in [0.5, 0.6) is 5.75 Å². The van der Waals surface area contributed by atoms with Crippen LogP contribution in [0.3, 0.4) is 0 Å². The quantitative estimate of drug-likeness (QED) is 0.808. The van der Waals surface area contributed by atoms with Gasteiger partial charge in [-0.15, -0.1) is 11.3 Å². The molecule has 1 atom stereocenters. The third kappa shape index (κ3) is 3.71. The maximum Gasteiger partial charge on any atom is 0.231 e. The third-order valence-electron chi connectivity index (χ3n) is 4.33. The maximum absolute atomic E-state index is 12.2. The summed E-state index contributed by atoms with van der Waals surface area (Å²) in [7, 11) is 1.61. The van der Waals surface area contributed by atoms with Crippen molar-refractivity contribution in [3.8, 4) is 16.9 Å². The number of guanidine groups is 1. The number of amides is 1. The SMILES string of the molecule is CC(C)Oc1cc(Cl)cc(-c2csc([C@]3(C)CC(=O)N(C)C(=N)N3)c2)c1. The minimum Gasteiger partial charge on any atom is -0.491 e. The lowest BCUT2D eigenvalue weighted by molar-refractivity contribution is -0.129. The zero-order chi connectivity index (χ0) is 19.1. The number of ether oxygens (including phenoxy) is 1. The summed E-state index contributed by atoms with van der Waals surface area (Å²) in [5, 5.41) is 13.8. The number of nitrogens with zero attached hydrogens (tertiary/aromatic N) is 1. The Morgan fingerprint density at radius 2 is 2.04 bits per heavy atom. The molecule has 1 saturated heterocycles. The summed E-state index contributed by atoms with van der Waals surface area (Å²) >= 11 is 7.82. The molecule has 1 amide bonds. The zero-order valence-corrected chi connectivity index (χ0v) is 16.8. The summed E-state index contributed by atoms with van der Waals surface area (Å²) in [5.74, 6) is 0.784. The van der Waals surface area contributed by atoms with Crippen LogP contribution >= 0.6 is 22.9 Å². The van der Waals surface area contributed by atoms with Crippen molar-refractivity contribution in [2.75, 3.05) is 7.05 Å². The van der Waals surface area contributed by atoms with Gasteiger partial charge in [0, 0.05) is 16.9 Å². The molecule has 3 rings (SSSR count). The molecule has 1 fully saturated rings. The number of benzene rings is 1. The second-order valence-corrected chi connectivity index (χ2v) is 8.32. The molecule has 0 saturated carbocycles. The van der Waals surface area contributed by atoms with Gasteiger partial charge in [-0.05, 0) is 61.5 Å². The Balaban J connectivity index is 1.92. The van der Waals surface area contributed by atoms with Gasteiger partial charge in [0.05, 0.1) is 18.1 Å². The second kappa shape index (κ2) is 6.93. The number of carbonyl (C=O) groups excluding carboxylic acids is 1. The predicted octanol–water partition coefficient (Wildman–Crippen LogP) is 4.46. The highest BCUT2D eigenvalue weighted by atomic mass is 35.5. The van der Waals surface area contributed by atoms with E-state index in [0.29, 0.717) is 11.4 Å². The number of carbonyl (C=O) groups is 1. The molecule has 0 aliphatic carbocycles. The largest absolute Gasteiger partial charge is 0.491 e. The van der Waals surface area contributed by atoms with E-state index < -0.39 is 5.54 Å². The average molecular weight is 392 g/mol. The lowest BCUT2D eigenvalue weighted by Gasteiger charge is -2.38. The number of thiophene rings is 1. The van der Waals surface area contributed by atoms with Gasteiger partial charge in [0.1, 0.15) is 5.75 Å². The monoisotopic (exact) mass is 391 g/mol. The average Bonchev–Trinajstić information content (AvgIpc) is 3.02. The Labute approximate surface area is 162 Å². The fourth-order valence-corrected chi connectivity index (χ4v) is 4.19. The molecular weight excluding hydrogens is 370 g/mol. The molecule has 1 aromatic carbocycles. The van der Waals surface area contributed by atoms with Crippen molar-refractivity contribution in [2.45, 2.75) is 38.8 Å². The van der Waals surface area contributed by atoms with Gasteiger partial charge in [-0.25, -0.2) is 0 Å². The summed E-state index contributed by atoms with van der Waals surface area (Å²) < 4.78 is 5.77. The van der Waals surface area contributed by atoms with Crippen LogP contribution in [0.15, 0.2) is 29.6 Å². The normalized spacial score (nSPS) is 20.5. The molecule has 1 aromatic heterocycles. The lowest BCUT2D eigenvalue weighted by Crippen LogP contribution is -2.57. The molecule has 138 valence electrons. The summed E-state index contributed by atoms with van der Waals surface area (Å²) in [6, 6.07) is 7.72. The highest BCUT2D eigenvalue weighted by Crippen LogP contribution is 2.38. The Morgan fingerprint density at radius 3 is 2.69 bits per heavy atom. The molecule has 2 heterocycles. The second-order valence-electron chi connectivity index (χ2n) is 6.98. The van der Waals surface area contributed by atoms with Crippen molar-refractivity contribution in [1.29, 1.82) is 5.41 Å². The van der Waals surface area contributed by atoms with Crippen LogP contribution in [0.4, 0.5) is 0 Å². The van der Waals surface area contributed by atoms with E-state index in [1.165, 1.54) is 4.90 Å². The van der Waals surface area contributed by atoms with E-state index >= 15 is 0 Å². The van der Waals surface area contributed by atoms with E-state index in [0.717, 1.165) is 21.8 Å². The summed E-state index contributed by atoms with van der Waals surface area (Å²) in [6.45, 7) is 5.90. The molecule has 2 N–H and O–H groups in total. The van der Waals surface area contributed by atoms with Gasteiger partial charge in [-0.3, -0.25) is 15.1 Å². The van der Waals surface area contributed by atoms with Gasteiger partial charge >= 0.3 is 0 Å². The van der Waals surface area contributed by atoms with E-state index in [1.54, 1.807) is 24.5 Å². The van der Waals surface area contributed by atoms with E-state index in [1.807, 2.05) is 44.4 Å². The van der Waals surface area contributed by atoms with Crippen LogP contribution in [0.1, 0.15) is 32.1 Å². The van der Waals surface area contributed by atoms with Gasteiger partial charge in [-0.2, -0.15) is 0 Å². The first kappa shape index (κ1) is 18.7. The van der Waals surface area contributed by atoms with Crippen molar-refractivity contribution in [3.63, 3.8) is 0 Å². The van der Waals surface area contributed by atoms with Crippen LogP contribution in [0.25, 0.3) is 11.1 Å². The van der Waals surface area contributed by atoms with E-state index in [9.17, 15) is 4.79 Å². The van der Waals surface area contributed by atoms with Gasteiger partial charge < -0.3 is 10.1 Å². The number of rotatable bonds is 4. The van der Waals surface area contributed by atoms with Crippen molar-refractivity contribution in [1.82, 2.24) is 10.2 Å². The summed E-state index contributed by atoms with van der Waals surface area (Å²) in [4.78, 5) is 14.5. The molecule has 0 bridgehead atoms. The zero-order valence-electron chi connectivity index (χ0n) is 15.2. The molecule has 1 aliphatic heterocycles. The Morgan fingerprint density at radius 1 is 1.31 bits per heavy atom. The fourth-order valence-electron chi connectivity index (χ4n) is 2.93. The summed E-state index contributed by atoms with van der Waals surface area (Å²) in [6.07, 6.45) is 0.377. The predicted molar refractivity (Wildman–Crippen MR) is 106 cm³/mol. The number of hydrogen-bond donors (Lipinski definition) is 2. The molecule has 26 heavy (non-hydrogen) atoms. The Kier molecular flexibility index (Phi) is 4.99. The first-order chi connectivity index (χ1) is 12.2. The first-order valence-corrected chi connectivity index (χ1v) is 9.63. The molecule has 5 nitrogen and oxygen atoms in total. The molecule has 0 unspecified atom stereocenters. The molecule has 0 radical (unpaired) electrons. The van der Waals surface area contributed by atoms with Crippen LogP contribution in [0, 0.1) is 5.41 Å². The van der Waals surface area contributed by atoms with Gasteiger partial charge in [0.2, 0.25) is 5.91 Å². The van der Waals surface area contributed by atoms with Crippen LogP contribution in [-0.4, -0.2) is 29.9 Å².